The molecule has 0 bridgehead atoms. The average molecular weight is 304 g/mol. The maximum Gasteiger partial charge on any atom is 0.0945 e. The van der Waals surface area contributed by atoms with Gasteiger partial charge in [-0.2, -0.15) is 0 Å². The second-order valence-corrected chi connectivity index (χ2v) is 6.93. The number of hydrogen-bond donors (Lipinski definition) is 0. The van der Waals surface area contributed by atoms with Gasteiger partial charge in [0.15, 0.2) is 0 Å². The lowest BCUT2D eigenvalue weighted by molar-refractivity contribution is 0.218. The van der Waals surface area contributed by atoms with Crippen LogP contribution in [0.4, 0.5) is 0 Å². The molecule has 3 rings (SSSR count). The minimum absolute atomic E-state index is 0.578. The Hall–Kier alpha value is -1.20. The molecule has 5 heteroatoms. The minimum atomic E-state index is 0.578. The summed E-state index contributed by atoms with van der Waals surface area (Å²) in [6.07, 6.45) is 11.7. The standard InChI is InChI=1S/C16H24N4S/c1-3-15-18-13-6-4-7-14(16(13)21-15)19(2)9-5-10-20-11-8-17-12-20/h8,11-12,14H,3-7,9-10H2,1-2H3/t14-/m0/s1. The highest BCUT2D eigenvalue weighted by atomic mass is 32.1. The van der Waals surface area contributed by atoms with Crippen molar-refractivity contribution in [2.24, 2.45) is 0 Å². The van der Waals surface area contributed by atoms with Crippen molar-refractivity contribution >= 4 is 11.3 Å². The number of thiazole rings is 1. The van der Waals surface area contributed by atoms with Gasteiger partial charge >= 0.3 is 0 Å². The van der Waals surface area contributed by atoms with Gasteiger partial charge in [-0.15, -0.1) is 11.3 Å². The largest absolute Gasteiger partial charge is 0.337 e. The summed E-state index contributed by atoms with van der Waals surface area (Å²) in [6.45, 7) is 4.38. The SMILES string of the molecule is CCc1nc2c(s1)[C@@H](N(C)CCCn1ccnc1)CCC2. The molecule has 1 aliphatic carbocycles. The van der Waals surface area contributed by atoms with Gasteiger partial charge in [0.25, 0.3) is 0 Å². The quantitative estimate of drug-likeness (QED) is 0.821. The molecule has 2 aromatic rings. The summed E-state index contributed by atoms with van der Waals surface area (Å²) in [5.74, 6) is 0. The molecule has 2 heterocycles. The normalized spacial score (nSPS) is 18.1. The Kier molecular flexibility index (Phi) is 4.70. The van der Waals surface area contributed by atoms with E-state index in [4.69, 9.17) is 4.98 Å². The van der Waals surface area contributed by atoms with Crippen LogP contribution < -0.4 is 0 Å². The average Bonchev–Trinajstić information content (AvgIpc) is 3.15. The Morgan fingerprint density at radius 2 is 2.38 bits per heavy atom. The maximum atomic E-state index is 4.80. The summed E-state index contributed by atoms with van der Waals surface area (Å²) in [5, 5.41) is 1.30. The van der Waals surface area contributed by atoms with E-state index in [0.29, 0.717) is 6.04 Å². The monoisotopic (exact) mass is 304 g/mol. The lowest BCUT2D eigenvalue weighted by Gasteiger charge is -2.30. The van der Waals surface area contributed by atoms with Crippen molar-refractivity contribution in [2.45, 2.75) is 51.6 Å². The summed E-state index contributed by atoms with van der Waals surface area (Å²) in [6, 6.07) is 0.578. The zero-order valence-electron chi connectivity index (χ0n) is 13.0. The van der Waals surface area contributed by atoms with Gasteiger partial charge in [-0.05, 0) is 39.2 Å². The topological polar surface area (TPSA) is 34.0 Å². The molecule has 4 nitrogen and oxygen atoms in total. The first-order valence-electron chi connectivity index (χ1n) is 7.92. The zero-order chi connectivity index (χ0) is 14.7. The highest BCUT2D eigenvalue weighted by Gasteiger charge is 2.26. The highest BCUT2D eigenvalue weighted by molar-refractivity contribution is 7.11. The van der Waals surface area contributed by atoms with Gasteiger partial charge in [-0.3, -0.25) is 4.90 Å². The number of hydrogen-bond acceptors (Lipinski definition) is 4. The molecule has 2 aromatic heterocycles. The predicted octanol–water partition coefficient (Wildman–Crippen LogP) is 3.30. The Morgan fingerprint density at radius 1 is 1.48 bits per heavy atom. The summed E-state index contributed by atoms with van der Waals surface area (Å²) in [4.78, 5) is 12.9. The van der Waals surface area contributed by atoms with E-state index in [1.807, 2.05) is 30.1 Å². The second kappa shape index (κ2) is 6.71. The van der Waals surface area contributed by atoms with Gasteiger partial charge in [0, 0.05) is 36.4 Å². The van der Waals surface area contributed by atoms with Crippen LogP contribution in [0.1, 0.15) is 47.8 Å². The van der Waals surface area contributed by atoms with Gasteiger partial charge in [0.1, 0.15) is 0 Å². The van der Waals surface area contributed by atoms with Crippen molar-refractivity contribution in [1.82, 2.24) is 19.4 Å². The number of aromatic nitrogens is 3. The fourth-order valence-corrected chi connectivity index (χ4v) is 4.35. The number of imidazole rings is 1. The third-order valence-electron chi connectivity index (χ3n) is 4.29. The van der Waals surface area contributed by atoms with Crippen molar-refractivity contribution in [1.29, 1.82) is 0 Å². The Balaban J connectivity index is 1.60. The van der Waals surface area contributed by atoms with E-state index in [1.165, 1.54) is 34.8 Å². The first-order chi connectivity index (χ1) is 10.3. The Morgan fingerprint density at radius 3 is 3.14 bits per heavy atom. The Bertz CT molecular complexity index is 561. The molecule has 0 fully saturated rings. The highest BCUT2D eigenvalue weighted by Crippen LogP contribution is 2.37. The molecule has 1 aliphatic rings. The van der Waals surface area contributed by atoms with Crippen LogP contribution in [-0.4, -0.2) is 33.0 Å². The van der Waals surface area contributed by atoms with E-state index in [2.05, 4.69) is 28.4 Å². The third-order valence-corrected chi connectivity index (χ3v) is 5.63. The van der Waals surface area contributed by atoms with Crippen LogP contribution in [0.2, 0.25) is 0 Å². The van der Waals surface area contributed by atoms with E-state index in [0.717, 1.165) is 25.9 Å². The van der Waals surface area contributed by atoms with Gasteiger partial charge in [-0.25, -0.2) is 9.97 Å². The van der Waals surface area contributed by atoms with Crippen LogP contribution in [0.3, 0.4) is 0 Å². The summed E-state index contributed by atoms with van der Waals surface area (Å²) in [5.41, 5.74) is 1.37. The predicted molar refractivity (Wildman–Crippen MR) is 86.6 cm³/mol. The second-order valence-electron chi connectivity index (χ2n) is 5.81. The van der Waals surface area contributed by atoms with Gasteiger partial charge in [0.05, 0.1) is 17.0 Å². The van der Waals surface area contributed by atoms with E-state index < -0.39 is 0 Å². The Labute approximate surface area is 130 Å². The summed E-state index contributed by atoms with van der Waals surface area (Å²) in [7, 11) is 2.26. The maximum absolute atomic E-state index is 4.80. The fraction of sp³-hybridized carbons (Fsp3) is 0.625. The molecular formula is C16H24N4S. The van der Waals surface area contributed by atoms with Crippen LogP contribution in [-0.2, 0) is 19.4 Å². The molecule has 0 saturated carbocycles. The lowest BCUT2D eigenvalue weighted by atomic mass is 9.97. The molecule has 0 aromatic carbocycles. The fourth-order valence-electron chi connectivity index (χ4n) is 3.10. The number of rotatable bonds is 6. The zero-order valence-corrected chi connectivity index (χ0v) is 13.8. The van der Waals surface area contributed by atoms with Crippen LogP contribution in [0.5, 0.6) is 0 Å². The van der Waals surface area contributed by atoms with Crippen LogP contribution in [0, 0.1) is 0 Å². The van der Waals surface area contributed by atoms with Gasteiger partial charge in [0.2, 0.25) is 0 Å². The number of fused-ring (bicyclic) bond motifs is 1. The molecular weight excluding hydrogens is 280 g/mol. The third kappa shape index (κ3) is 3.35. The molecule has 0 spiro atoms. The van der Waals surface area contributed by atoms with Crippen molar-refractivity contribution < 1.29 is 0 Å². The van der Waals surface area contributed by atoms with E-state index >= 15 is 0 Å². The van der Waals surface area contributed by atoms with Gasteiger partial charge < -0.3 is 4.57 Å². The van der Waals surface area contributed by atoms with Crippen LogP contribution in [0.15, 0.2) is 18.7 Å². The lowest BCUT2D eigenvalue weighted by Crippen LogP contribution is -2.28. The summed E-state index contributed by atoms with van der Waals surface area (Å²) < 4.78 is 2.15. The van der Waals surface area contributed by atoms with E-state index in [-0.39, 0.29) is 0 Å². The van der Waals surface area contributed by atoms with Crippen molar-refractivity contribution in [3.8, 4) is 0 Å². The summed E-state index contributed by atoms with van der Waals surface area (Å²) >= 11 is 1.93. The molecule has 0 radical (unpaired) electrons. The van der Waals surface area contributed by atoms with E-state index in [9.17, 15) is 0 Å². The van der Waals surface area contributed by atoms with Crippen LogP contribution in [0.25, 0.3) is 0 Å². The molecule has 114 valence electrons. The molecule has 0 aliphatic heterocycles. The molecule has 0 unspecified atom stereocenters. The minimum Gasteiger partial charge on any atom is -0.337 e. The number of nitrogens with zero attached hydrogens (tertiary/aromatic N) is 4. The molecule has 0 amide bonds. The van der Waals surface area contributed by atoms with Crippen molar-refractivity contribution in [3.05, 3.63) is 34.3 Å². The molecule has 0 N–H and O–H groups in total. The first kappa shape index (κ1) is 14.7. The van der Waals surface area contributed by atoms with E-state index in [1.54, 1.807) is 0 Å². The van der Waals surface area contributed by atoms with Crippen LogP contribution >= 0.6 is 11.3 Å². The smallest absolute Gasteiger partial charge is 0.0945 e. The van der Waals surface area contributed by atoms with Crippen molar-refractivity contribution in [2.75, 3.05) is 13.6 Å². The van der Waals surface area contributed by atoms with Crippen molar-refractivity contribution in [3.63, 3.8) is 0 Å². The number of aryl methyl sites for hydroxylation is 3. The first-order valence-corrected chi connectivity index (χ1v) is 8.74. The van der Waals surface area contributed by atoms with Gasteiger partial charge in [-0.1, -0.05) is 6.92 Å². The molecule has 0 saturated heterocycles. The molecule has 21 heavy (non-hydrogen) atoms. The molecule has 1 atom stereocenters.